The standard InChI is InChI=1S/C17H31N3O3/c1-5-6-7-15(8-9-21)20-17-16(12-18-14(4)19-17)23-11-10-22-13(2)3/h12-13,15,21H,5-11H2,1-4H3,(H,18,19,20)/t15-/m0/s1. The van der Waals surface area contributed by atoms with E-state index in [0.717, 1.165) is 19.3 Å². The van der Waals surface area contributed by atoms with Crippen LogP contribution in [0.25, 0.3) is 0 Å². The summed E-state index contributed by atoms with van der Waals surface area (Å²) in [4.78, 5) is 8.65. The van der Waals surface area contributed by atoms with Crippen LogP contribution < -0.4 is 10.1 Å². The number of rotatable bonds is 12. The molecular formula is C17H31N3O3. The van der Waals surface area contributed by atoms with Crippen LogP contribution in [0.1, 0.15) is 52.3 Å². The Labute approximate surface area is 139 Å². The van der Waals surface area contributed by atoms with Gasteiger partial charge in [-0.2, -0.15) is 0 Å². The van der Waals surface area contributed by atoms with Gasteiger partial charge in [0, 0.05) is 12.6 Å². The van der Waals surface area contributed by atoms with Gasteiger partial charge in [-0.3, -0.25) is 0 Å². The molecule has 23 heavy (non-hydrogen) atoms. The number of aromatic nitrogens is 2. The fraction of sp³-hybridized carbons (Fsp3) is 0.765. The van der Waals surface area contributed by atoms with Gasteiger partial charge in [0.2, 0.25) is 0 Å². The number of aliphatic hydroxyl groups is 1. The van der Waals surface area contributed by atoms with Crippen molar-refractivity contribution in [2.75, 3.05) is 25.1 Å². The van der Waals surface area contributed by atoms with Crippen molar-refractivity contribution in [3.05, 3.63) is 12.0 Å². The average Bonchev–Trinajstić information content (AvgIpc) is 2.51. The number of aryl methyl sites for hydroxylation is 1. The zero-order valence-corrected chi connectivity index (χ0v) is 14.8. The molecule has 0 radical (unpaired) electrons. The van der Waals surface area contributed by atoms with Gasteiger partial charge in [-0.25, -0.2) is 9.97 Å². The second-order valence-corrected chi connectivity index (χ2v) is 5.89. The monoisotopic (exact) mass is 325 g/mol. The van der Waals surface area contributed by atoms with Crippen LogP contribution in [-0.4, -0.2) is 47.0 Å². The highest BCUT2D eigenvalue weighted by Gasteiger charge is 2.13. The highest BCUT2D eigenvalue weighted by Crippen LogP contribution is 2.23. The molecule has 0 aromatic carbocycles. The normalized spacial score (nSPS) is 12.4. The Bertz CT molecular complexity index is 441. The maximum absolute atomic E-state index is 9.24. The molecule has 0 saturated carbocycles. The van der Waals surface area contributed by atoms with Crippen molar-refractivity contribution in [1.29, 1.82) is 0 Å². The van der Waals surface area contributed by atoms with Gasteiger partial charge in [-0.1, -0.05) is 19.8 Å². The highest BCUT2D eigenvalue weighted by atomic mass is 16.5. The summed E-state index contributed by atoms with van der Waals surface area (Å²) in [5, 5.41) is 12.6. The summed E-state index contributed by atoms with van der Waals surface area (Å²) in [5.74, 6) is 2.01. The number of hydrogen-bond donors (Lipinski definition) is 2. The molecule has 0 fully saturated rings. The first-order chi connectivity index (χ1) is 11.1. The minimum Gasteiger partial charge on any atom is -0.486 e. The van der Waals surface area contributed by atoms with E-state index in [1.165, 1.54) is 0 Å². The van der Waals surface area contributed by atoms with E-state index in [1.54, 1.807) is 6.20 Å². The minimum absolute atomic E-state index is 0.157. The molecule has 0 aliphatic carbocycles. The lowest BCUT2D eigenvalue weighted by Gasteiger charge is -2.20. The van der Waals surface area contributed by atoms with Crippen molar-refractivity contribution < 1.29 is 14.6 Å². The lowest BCUT2D eigenvalue weighted by Crippen LogP contribution is -2.23. The Morgan fingerprint density at radius 2 is 2.04 bits per heavy atom. The SMILES string of the molecule is CCCC[C@@H](CCO)Nc1nc(C)ncc1OCCOC(C)C. The van der Waals surface area contributed by atoms with E-state index in [4.69, 9.17) is 9.47 Å². The van der Waals surface area contributed by atoms with Crippen molar-refractivity contribution in [3.63, 3.8) is 0 Å². The van der Waals surface area contributed by atoms with E-state index in [1.807, 2.05) is 20.8 Å². The van der Waals surface area contributed by atoms with Gasteiger partial charge in [0.25, 0.3) is 0 Å². The van der Waals surface area contributed by atoms with E-state index in [-0.39, 0.29) is 18.8 Å². The topological polar surface area (TPSA) is 76.5 Å². The number of unbranched alkanes of at least 4 members (excludes halogenated alkanes) is 1. The predicted octanol–water partition coefficient (Wildman–Crippen LogP) is 2.94. The molecule has 132 valence electrons. The Morgan fingerprint density at radius 3 is 2.70 bits per heavy atom. The molecule has 0 aliphatic rings. The number of aliphatic hydroxyl groups excluding tert-OH is 1. The largest absolute Gasteiger partial charge is 0.486 e. The smallest absolute Gasteiger partial charge is 0.179 e. The molecule has 1 heterocycles. The van der Waals surface area contributed by atoms with Gasteiger partial charge >= 0.3 is 0 Å². The van der Waals surface area contributed by atoms with Crippen LogP contribution in [0.2, 0.25) is 0 Å². The Morgan fingerprint density at radius 1 is 1.26 bits per heavy atom. The average molecular weight is 325 g/mol. The first kappa shape index (κ1) is 19.6. The highest BCUT2D eigenvalue weighted by molar-refractivity contribution is 5.49. The molecule has 2 N–H and O–H groups in total. The summed E-state index contributed by atoms with van der Waals surface area (Å²) < 4.78 is 11.2. The van der Waals surface area contributed by atoms with Gasteiger partial charge in [0.15, 0.2) is 11.6 Å². The lowest BCUT2D eigenvalue weighted by atomic mass is 10.1. The third-order valence-corrected chi connectivity index (χ3v) is 3.39. The zero-order valence-electron chi connectivity index (χ0n) is 14.8. The Balaban J connectivity index is 2.68. The van der Waals surface area contributed by atoms with Crippen LogP contribution in [0, 0.1) is 6.92 Å². The quantitative estimate of drug-likeness (QED) is 0.575. The van der Waals surface area contributed by atoms with E-state index < -0.39 is 0 Å². The fourth-order valence-corrected chi connectivity index (χ4v) is 2.19. The molecule has 6 nitrogen and oxygen atoms in total. The molecule has 1 aromatic rings. The lowest BCUT2D eigenvalue weighted by molar-refractivity contribution is 0.0552. The molecule has 0 amide bonds. The molecule has 1 rings (SSSR count). The molecule has 0 spiro atoms. The van der Waals surface area contributed by atoms with E-state index in [2.05, 4.69) is 22.2 Å². The van der Waals surface area contributed by atoms with Gasteiger partial charge in [-0.15, -0.1) is 0 Å². The Kier molecular flexibility index (Phi) is 9.55. The zero-order chi connectivity index (χ0) is 17.1. The molecule has 1 atom stereocenters. The number of anilines is 1. The maximum Gasteiger partial charge on any atom is 0.179 e. The van der Waals surface area contributed by atoms with Crippen LogP contribution in [0.15, 0.2) is 6.20 Å². The number of ether oxygens (including phenoxy) is 2. The summed E-state index contributed by atoms with van der Waals surface area (Å²) >= 11 is 0. The number of nitrogens with zero attached hydrogens (tertiary/aromatic N) is 2. The van der Waals surface area contributed by atoms with Crippen molar-refractivity contribution in [2.24, 2.45) is 0 Å². The minimum atomic E-state index is 0.157. The van der Waals surface area contributed by atoms with Crippen molar-refractivity contribution >= 4 is 5.82 Å². The van der Waals surface area contributed by atoms with Crippen molar-refractivity contribution in [3.8, 4) is 5.75 Å². The molecule has 0 bridgehead atoms. The van der Waals surface area contributed by atoms with E-state index >= 15 is 0 Å². The fourth-order valence-electron chi connectivity index (χ4n) is 2.19. The molecule has 0 aliphatic heterocycles. The van der Waals surface area contributed by atoms with E-state index in [9.17, 15) is 5.11 Å². The van der Waals surface area contributed by atoms with Gasteiger partial charge in [0.05, 0.1) is 18.9 Å². The van der Waals surface area contributed by atoms with Crippen LogP contribution >= 0.6 is 0 Å². The van der Waals surface area contributed by atoms with Crippen LogP contribution in [0.5, 0.6) is 5.75 Å². The predicted molar refractivity (Wildman–Crippen MR) is 92.0 cm³/mol. The third-order valence-electron chi connectivity index (χ3n) is 3.39. The maximum atomic E-state index is 9.24. The second kappa shape index (κ2) is 11.2. The first-order valence-corrected chi connectivity index (χ1v) is 8.52. The summed E-state index contributed by atoms with van der Waals surface area (Å²) in [6.07, 6.45) is 5.81. The van der Waals surface area contributed by atoms with Crippen LogP contribution in [0.4, 0.5) is 5.82 Å². The summed E-state index contributed by atoms with van der Waals surface area (Å²) in [6, 6.07) is 0.184. The number of hydrogen-bond acceptors (Lipinski definition) is 6. The molecule has 0 unspecified atom stereocenters. The second-order valence-electron chi connectivity index (χ2n) is 5.89. The molecule has 0 saturated heterocycles. The molecule has 1 aromatic heterocycles. The van der Waals surface area contributed by atoms with E-state index in [0.29, 0.717) is 37.0 Å². The van der Waals surface area contributed by atoms with Gasteiger partial charge in [0.1, 0.15) is 12.4 Å². The summed E-state index contributed by atoms with van der Waals surface area (Å²) in [6.45, 7) is 9.14. The molecule has 6 heteroatoms. The Hall–Kier alpha value is -1.40. The number of nitrogens with one attached hydrogen (secondary N) is 1. The van der Waals surface area contributed by atoms with Crippen LogP contribution in [0.3, 0.4) is 0 Å². The van der Waals surface area contributed by atoms with Crippen LogP contribution in [-0.2, 0) is 4.74 Å². The van der Waals surface area contributed by atoms with Crippen molar-refractivity contribution in [1.82, 2.24) is 9.97 Å². The summed E-state index contributed by atoms with van der Waals surface area (Å²) in [7, 11) is 0. The van der Waals surface area contributed by atoms with Crippen molar-refractivity contribution in [2.45, 2.75) is 65.5 Å². The summed E-state index contributed by atoms with van der Waals surface area (Å²) in [5.41, 5.74) is 0. The van der Waals surface area contributed by atoms with Gasteiger partial charge in [-0.05, 0) is 33.6 Å². The van der Waals surface area contributed by atoms with Gasteiger partial charge < -0.3 is 19.9 Å². The molecular weight excluding hydrogens is 294 g/mol. The first-order valence-electron chi connectivity index (χ1n) is 8.52. The third kappa shape index (κ3) is 8.13.